The third-order valence-corrected chi connectivity index (χ3v) is 2.77. The zero-order chi connectivity index (χ0) is 14.5. The van der Waals surface area contributed by atoms with Crippen molar-refractivity contribution in [3.8, 4) is 0 Å². The van der Waals surface area contributed by atoms with Crippen molar-refractivity contribution in [3.63, 3.8) is 0 Å². The second kappa shape index (κ2) is 6.82. The lowest BCUT2D eigenvalue weighted by Gasteiger charge is -2.21. The van der Waals surface area contributed by atoms with E-state index >= 15 is 0 Å². The fraction of sp³-hybridized carbons (Fsp3) is 0.714. The summed E-state index contributed by atoms with van der Waals surface area (Å²) < 4.78 is 0. The highest BCUT2D eigenvalue weighted by Gasteiger charge is 2.09. The molecule has 0 aliphatic rings. The van der Waals surface area contributed by atoms with Gasteiger partial charge in [-0.25, -0.2) is 4.98 Å². The van der Waals surface area contributed by atoms with Crippen molar-refractivity contribution in [2.24, 2.45) is 0 Å². The first kappa shape index (κ1) is 15.9. The SMILES string of the molecule is CN(C)CCN(C)c1cnc(CNC(C)(C)C)cn1. The molecule has 0 fully saturated rings. The first-order chi connectivity index (χ1) is 8.78. The van der Waals surface area contributed by atoms with E-state index in [2.05, 4.69) is 60.0 Å². The molecule has 0 bridgehead atoms. The normalized spacial score (nSPS) is 11.9. The summed E-state index contributed by atoms with van der Waals surface area (Å²) in [6, 6.07) is 0. The maximum Gasteiger partial charge on any atom is 0.146 e. The van der Waals surface area contributed by atoms with Gasteiger partial charge in [0, 0.05) is 32.2 Å². The van der Waals surface area contributed by atoms with Crippen LogP contribution in [0.1, 0.15) is 26.5 Å². The summed E-state index contributed by atoms with van der Waals surface area (Å²) in [5.74, 6) is 0.918. The molecular weight excluding hydrogens is 238 g/mol. The summed E-state index contributed by atoms with van der Waals surface area (Å²) in [4.78, 5) is 13.2. The van der Waals surface area contributed by atoms with Gasteiger partial charge in [0.2, 0.25) is 0 Å². The zero-order valence-electron chi connectivity index (χ0n) is 13.1. The average molecular weight is 265 g/mol. The Labute approximate surface area is 117 Å². The lowest BCUT2D eigenvalue weighted by molar-refractivity contribution is 0.415. The van der Waals surface area contributed by atoms with Gasteiger partial charge in [-0.2, -0.15) is 0 Å². The fourth-order valence-electron chi connectivity index (χ4n) is 1.46. The Kier molecular flexibility index (Phi) is 5.69. The molecule has 1 rings (SSSR count). The second-order valence-electron chi connectivity index (χ2n) is 6.19. The molecule has 0 aliphatic carbocycles. The number of likely N-dealkylation sites (N-methyl/N-ethyl adjacent to an activating group) is 2. The van der Waals surface area contributed by atoms with Crippen LogP contribution in [0.2, 0.25) is 0 Å². The van der Waals surface area contributed by atoms with Crippen LogP contribution in [0.4, 0.5) is 5.82 Å². The van der Waals surface area contributed by atoms with Gasteiger partial charge in [-0.3, -0.25) is 4.98 Å². The van der Waals surface area contributed by atoms with E-state index in [1.165, 1.54) is 0 Å². The van der Waals surface area contributed by atoms with Crippen LogP contribution < -0.4 is 10.2 Å². The van der Waals surface area contributed by atoms with E-state index in [9.17, 15) is 0 Å². The van der Waals surface area contributed by atoms with Crippen molar-refractivity contribution in [2.45, 2.75) is 32.9 Å². The number of aromatic nitrogens is 2. The van der Waals surface area contributed by atoms with Gasteiger partial charge in [-0.05, 0) is 34.9 Å². The van der Waals surface area contributed by atoms with E-state index in [-0.39, 0.29) is 5.54 Å². The highest BCUT2D eigenvalue weighted by molar-refractivity contribution is 5.34. The standard InChI is InChI=1S/C14H27N5/c1-14(2,3)17-10-12-9-16-13(11-15-12)19(6)8-7-18(4)5/h9,11,17H,7-8,10H2,1-6H3. The largest absolute Gasteiger partial charge is 0.357 e. The molecule has 0 saturated carbocycles. The van der Waals surface area contributed by atoms with E-state index in [0.29, 0.717) is 0 Å². The lowest BCUT2D eigenvalue weighted by Crippen LogP contribution is -2.35. The van der Waals surface area contributed by atoms with Crippen LogP contribution in [-0.4, -0.2) is 54.6 Å². The Morgan fingerprint density at radius 1 is 1.05 bits per heavy atom. The lowest BCUT2D eigenvalue weighted by atomic mass is 10.1. The van der Waals surface area contributed by atoms with Crippen LogP contribution in [0, 0.1) is 0 Å². The molecule has 5 heteroatoms. The molecule has 108 valence electrons. The molecule has 1 N–H and O–H groups in total. The van der Waals surface area contributed by atoms with Crippen LogP contribution in [-0.2, 0) is 6.54 Å². The highest BCUT2D eigenvalue weighted by Crippen LogP contribution is 2.07. The summed E-state index contributed by atoms with van der Waals surface area (Å²) in [6.07, 6.45) is 3.69. The molecule has 0 aromatic carbocycles. The summed E-state index contributed by atoms with van der Waals surface area (Å²) in [5, 5.41) is 3.40. The van der Waals surface area contributed by atoms with Gasteiger partial charge < -0.3 is 15.1 Å². The summed E-state index contributed by atoms with van der Waals surface area (Å²) in [7, 11) is 6.18. The molecule has 1 aromatic rings. The molecule has 0 spiro atoms. The molecule has 19 heavy (non-hydrogen) atoms. The van der Waals surface area contributed by atoms with E-state index in [1.54, 1.807) is 0 Å². The predicted molar refractivity (Wildman–Crippen MR) is 80.4 cm³/mol. The molecule has 1 aromatic heterocycles. The van der Waals surface area contributed by atoms with Gasteiger partial charge in [0.05, 0.1) is 18.1 Å². The molecule has 0 saturated heterocycles. The van der Waals surface area contributed by atoms with Crippen LogP contribution in [0.25, 0.3) is 0 Å². The molecule has 0 radical (unpaired) electrons. The van der Waals surface area contributed by atoms with Crippen molar-refractivity contribution >= 4 is 5.82 Å². The number of anilines is 1. The third kappa shape index (κ3) is 6.50. The van der Waals surface area contributed by atoms with Crippen molar-refractivity contribution in [1.82, 2.24) is 20.2 Å². The number of nitrogens with one attached hydrogen (secondary N) is 1. The predicted octanol–water partition coefficient (Wildman–Crippen LogP) is 1.36. The van der Waals surface area contributed by atoms with Gasteiger partial charge in [-0.1, -0.05) is 0 Å². The first-order valence-corrected chi connectivity index (χ1v) is 6.70. The van der Waals surface area contributed by atoms with Crippen molar-refractivity contribution in [2.75, 3.05) is 39.1 Å². The Hall–Kier alpha value is -1.20. The van der Waals surface area contributed by atoms with Gasteiger partial charge in [0.15, 0.2) is 0 Å². The summed E-state index contributed by atoms with van der Waals surface area (Å²) >= 11 is 0. The smallest absolute Gasteiger partial charge is 0.146 e. The first-order valence-electron chi connectivity index (χ1n) is 6.70. The van der Waals surface area contributed by atoms with E-state index in [1.807, 2.05) is 19.4 Å². The van der Waals surface area contributed by atoms with Crippen LogP contribution in [0.15, 0.2) is 12.4 Å². The molecule has 0 atom stereocenters. The Bertz CT molecular complexity index is 366. The second-order valence-corrected chi connectivity index (χ2v) is 6.19. The molecule has 0 aliphatic heterocycles. The van der Waals surface area contributed by atoms with E-state index in [4.69, 9.17) is 0 Å². The molecule has 1 heterocycles. The van der Waals surface area contributed by atoms with Crippen molar-refractivity contribution < 1.29 is 0 Å². The summed E-state index contributed by atoms with van der Waals surface area (Å²) in [6.45, 7) is 9.13. The number of nitrogens with zero attached hydrogens (tertiary/aromatic N) is 4. The summed E-state index contributed by atoms with van der Waals surface area (Å²) in [5.41, 5.74) is 1.07. The zero-order valence-corrected chi connectivity index (χ0v) is 13.1. The Morgan fingerprint density at radius 2 is 1.74 bits per heavy atom. The maximum atomic E-state index is 4.46. The van der Waals surface area contributed by atoms with Crippen LogP contribution in [0.3, 0.4) is 0 Å². The Balaban J connectivity index is 2.51. The highest BCUT2D eigenvalue weighted by atomic mass is 15.2. The molecular formula is C14H27N5. The van der Waals surface area contributed by atoms with Gasteiger partial charge in [0.1, 0.15) is 5.82 Å². The minimum Gasteiger partial charge on any atom is -0.357 e. The number of hydrogen-bond acceptors (Lipinski definition) is 5. The fourth-order valence-corrected chi connectivity index (χ4v) is 1.46. The average Bonchev–Trinajstić information content (AvgIpc) is 2.33. The maximum absolute atomic E-state index is 4.46. The quantitative estimate of drug-likeness (QED) is 0.841. The van der Waals surface area contributed by atoms with E-state index in [0.717, 1.165) is 31.1 Å². The van der Waals surface area contributed by atoms with Gasteiger partial charge >= 0.3 is 0 Å². The van der Waals surface area contributed by atoms with Gasteiger partial charge in [-0.15, -0.1) is 0 Å². The minimum absolute atomic E-state index is 0.100. The van der Waals surface area contributed by atoms with Crippen molar-refractivity contribution in [3.05, 3.63) is 18.1 Å². The molecule has 5 nitrogen and oxygen atoms in total. The number of hydrogen-bond donors (Lipinski definition) is 1. The molecule has 0 unspecified atom stereocenters. The molecule has 0 amide bonds. The number of rotatable bonds is 6. The topological polar surface area (TPSA) is 44.3 Å². The van der Waals surface area contributed by atoms with Crippen LogP contribution in [0.5, 0.6) is 0 Å². The third-order valence-electron chi connectivity index (χ3n) is 2.77. The van der Waals surface area contributed by atoms with Gasteiger partial charge in [0.25, 0.3) is 0 Å². The van der Waals surface area contributed by atoms with E-state index < -0.39 is 0 Å². The van der Waals surface area contributed by atoms with Crippen molar-refractivity contribution in [1.29, 1.82) is 0 Å². The minimum atomic E-state index is 0.100. The monoisotopic (exact) mass is 265 g/mol. The van der Waals surface area contributed by atoms with Crippen LogP contribution >= 0.6 is 0 Å². The Morgan fingerprint density at radius 3 is 2.21 bits per heavy atom.